The first-order valence-electron chi connectivity index (χ1n) is 10.5. The van der Waals surface area contributed by atoms with Gasteiger partial charge in [-0.05, 0) is 52.3 Å². The molecule has 0 bridgehead atoms. The van der Waals surface area contributed by atoms with E-state index in [2.05, 4.69) is 39.3 Å². The lowest BCUT2D eigenvalue weighted by molar-refractivity contribution is 0.0988. The molecular formula is C25H28O4Si2. The van der Waals surface area contributed by atoms with E-state index in [9.17, 15) is 9.59 Å². The van der Waals surface area contributed by atoms with Gasteiger partial charge in [0, 0.05) is 22.3 Å². The van der Waals surface area contributed by atoms with Crippen LogP contribution in [0.1, 0.15) is 37.4 Å². The number of Topliss-reactive ketones (excluding diaryl/α,β-unsaturated/α-hetero) is 2. The van der Waals surface area contributed by atoms with Gasteiger partial charge in [-0.25, -0.2) is 0 Å². The maximum Gasteiger partial charge on any atom is 0.242 e. The summed E-state index contributed by atoms with van der Waals surface area (Å²) in [7, 11) is -4.18. The van der Waals surface area contributed by atoms with Crippen molar-refractivity contribution in [1.29, 1.82) is 0 Å². The summed E-state index contributed by atoms with van der Waals surface area (Å²) in [5, 5.41) is 0. The van der Waals surface area contributed by atoms with Crippen LogP contribution in [0.15, 0.2) is 53.6 Å². The quantitative estimate of drug-likeness (QED) is 0.522. The van der Waals surface area contributed by atoms with E-state index in [1.807, 2.05) is 43.3 Å². The molecule has 0 aliphatic heterocycles. The number of allylic oxidation sites excluding steroid dienone is 2. The van der Waals surface area contributed by atoms with Crippen LogP contribution >= 0.6 is 0 Å². The molecule has 0 aromatic heterocycles. The minimum absolute atomic E-state index is 0.173. The zero-order chi connectivity index (χ0) is 22.7. The fourth-order valence-electron chi connectivity index (χ4n) is 3.95. The SMILES string of the molecule is Cc1ccc2c(c1)C(=O)C1=C(O[Si](C)(C)C)c3ccccc3C(=O)C1=C2O[Si](C)(C)C. The van der Waals surface area contributed by atoms with Crippen LogP contribution in [0.25, 0.3) is 11.5 Å². The van der Waals surface area contributed by atoms with E-state index in [0.717, 1.165) is 5.56 Å². The van der Waals surface area contributed by atoms with E-state index in [0.29, 0.717) is 44.9 Å². The molecule has 6 heteroatoms. The summed E-state index contributed by atoms with van der Waals surface area (Å²) in [6, 6.07) is 13.1. The van der Waals surface area contributed by atoms with Crippen LogP contribution < -0.4 is 0 Å². The number of ketones is 2. The molecule has 2 aromatic rings. The molecule has 0 unspecified atom stereocenters. The summed E-state index contributed by atoms with van der Waals surface area (Å²) in [5.41, 5.74) is 4.17. The highest BCUT2D eigenvalue weighted by atomic mass is 28.4. The summed E-state index contributed by atoms with van der Waals surface area (Å²) >= 11 is 0. The smallest absolute Gasteiger partial charge is 0.242 e. The lowest BCUT2D eigenvalue weighted by Gasteiger charge is -2.34. The van der Waals surface area contributed by atoms with Gasteiger partial charge in [0.05, 0.1) is 11.1 Å². The van der Waals surface area contributed by atoms with Crippen LogP contribution in [0.5, 0.6) is 0 Å². The maximum absolute atomic E-state index is 13.8. The molecule has 2 aliphatic carbocycles. The van der Waals surface area contributed by atoms with Gasteiger partial charge in [-0.2, -0.15) is 0 Å². The Morgan fingerprint density at radius 1 is 0.613 bits per heavy atom. The number of benzene rings is 2. The molecule has 0 N–H and O–H groups in total. The average molecular weight is 449 g/mol. The van der Waals surface area contributed by atoms with Gasteiger partial charge in [0.15, 0.2) is 11.6 Å². The molecule has 2 aliphatic rings. The van der Waals surface area contributed by atoms with Crippen LogP contribution in [-0.2, 0) is 8.85 Å². The van der Waals surface area contributed by atoms with E-state index in [4.69, 9.17) is 8.85 Å². The number of carbonyl (C=O) groups excluding carboxylic acids is 2. The second kappa shape index (κ2) is 7.17. The Morgan fingerprint density at radius 2 is 1.06 bits per heavy atom. The van der Waals surface area contributed by atoms with E-state index in [1.54, 1.807) is 6.07 Å². The highest BCUT2D eigenvalue weighted by Gasteiger charge is 2.43. The summed E-state index contributed by atoms with van der Waals surface area (Å²) in [6.45, 7) is 14.4. The van der Waals surface area contributed by atoms with E-state index < -0.39 is 16.6 Å². The molecule has 31 heavy (non-hydrogen) atoms. The molecule has 0 heterocycles. The van der Waals surface area contributed by atoms with Crippen molar-refractivity contribution in [3.8, 4) is 0 Å². The molecular weight excluding hydrogens is 420 g/mol. The van der Waals surface area contributed by atoms with Gasteiger partial charge in [-0.15, -0.1) is 0 Å². The van der Waals surface area contributed by atoms with E-state index >= 15 is 0 Å². The summed E-state index contributed by atoms with van der Waals surface area (Å²) in [4.78, 5) is 27.5. The fourth-order valence-corrected chi connectivity index (χ4v) is 5.60. The van der Waals surface area contributed by atoms with Crippen molar-refractivity contribution < 1.29 is 18.4 Å². The Labute approximate surface area is 185 Å². The first kappa shape index (κ1) is 21.5. The Hall–Kier alpha value is -2.71. The van der Waals surface area contributed by atoms with Crippen LogP contribution in [0.2, 0.25) is 39.3 Å². The topological polar surface area (TPSA) is 52.6 Å². The molecule has 0 saturated heterocycles. The van der Waals surface area contributed by atoms with E-state index in [-0.39, 0.29) is 11.6 Å². The second-order valence-electron chi connectivity index (χ2n) is 10.1. The van der Waals surface area contributed by atoms with Crippen molar-refractivity contribution in [3.05, 3.63) is 81.4 Å². The highest BCUT2D eigenvalue weighted by Crippen LogP contribution is 2.46. The van der Waals surface area contributed by atoms with Gasteiger partial charge in [-0.3, -0.25) is 9.59 Å². The Bertz CT molecular complexity index is 1190. The molecule has 0 fully saturated rings. The summed E-state index contributed by atoms with van der Waals surface area (Å²) in [6.07, 6.45) is 0. The van der Waals surface area contributed by atoms with Crippen LogP contribution in [0.4, 0.5) is 0 Å². The number of fused-ring (bicyclic) bond motifs is 3. The van der Waals surface area contributed by atoms with Crippen LogP contribution in [0.3, 0.4) is 0 Å². The lowest BCUT2D eigenvalue weighted by Crippen LogP contribution is -2.34. The summed E-state index contributed by atoms with van der Waals surface area (Å²) in [5.74, 6) is 0.673. The third kappa shape index (κ3) is 3.86. The third-order valence-electron chi connectivity index (χ3n) is 5.06. The molecule has 4 nitrogen and oxygen atoms in total. The van der Waals surface area contributed by atoms with Crippen LogP contribution in [0, 0.1) is 6.92 Å². The molecule has 0 saturated carbocycles. The fraction of sp³-hybridized carbons (Fsp3) is 0.280. The predicted molar refractivity (Wildman–Crippen MR) is 129 cm³/mol. The zero-order valence-electron chi connectivity index (χ0n) is 19.2. The van der Waals surface area contributed by atoms with Gasteiger partial charge in [0.25, 0.3) is 0 Å². The summed E-state index contributed by atoms with van der Waals surface area (Å²) < 4.78 is 13.0. The lowest BCUT2D eigenvalue weighted by atomic mass is 9.76. The number of hydrogen-bond acceptors (Lipinski definition) is 4. The van der Waals surface area contributed by atoms with Gasteiger partial charge in [0.2, 0.25) is 16.6 Å². The van der Waals surface area contributed by atoms with Crippen molar-refractivity contribution in [2.75, 3.05) is 0 Å². The number of rotatable bonds is 4. The molecule has 160 valence electrons. The molecule has 0 amide bonds. The normalized spacial score (nSPS) is 16.1. The minimum Gasteiger partial charge on any atom is -0.543 e. The molecule has 4 rings (SSSR count). The first-order valence-corrected chi connectivity index (χ1v) is 17.4. The number of carbonyl (C=O) groups is 2. The molecule has 0 radical (unpaired) electrons. The van der Waals surface area contributed by atoms with Crippen LogP contribution in [-0.4, -0.2) is 28.2 Å². The van der Waals surface area contributed by atoms with Crippen molar-refractivity contribution in [3.63, 3.8) is 0 Å². The second-order valence-corrected chi connectivity index (χ2v) is 18.9. The zero-order valence-corrected chi connectivity index (χ0v) is 21.2. The van der Waals surface area contributed by atoms with Crippen molar-refractivity contribution in [2.45, 2.75) is 46.2 Å². The number of hydrogen-bond donors (Lipinski definition) is 0. The largest absolute Gasteiger partial charge is 0.543 e. The van der Waals surface area contributed by atoms with Gasteiger partial charge < -0.3 is 8.85 Å². The first-order chi connectivity index (χ1) is 14.4. The monoisotopic (exact) mass is 448 g/mol. The molecule has 0 spiro atoms. The van der Waals surface area contributed by atoms with Crippen molar-refractivity contribution in [1.82, 2.24) is 0 Å². The standard InChI is InChI=1S/C25H28O4Si2/c1-15-12-13-18-19(14-15)23(27)21-20(25(18)29-31(5,6)7)22(26)16-10-8-9-11-17(16)24(21)28-30(2,3)4/h8-14H,1-7H3. The molecule has 2 aromatic carbocycles. The predicted octanol–water partition coefficient (Wildman–Crippen LogP) is 6.21. The number of aryl methyl sites for hydroxylation is 1. The van der Waals surface area contributed by atoms with Crippen molar-refractivity contribution in [2.24, 2.45) is 0 Å². The average Bonchev–Trinajstić information content (AvgIpc) is 2.65. The Kier molecular flexibility index (Phi) is 4.98. The Balaban J connectivity index is 2.14. The maximum atomic E-state index is 13.8. The minimum atomic E-state index is -2.09. The van der Waals surface area contributed by atoms with Gasteiger partial charge >= 0.3 is 0 Å². The van der Waals surface area contributed by atoms with Crippen molar-refractivity contribution >= 4 is 39.7 Å². The molecule has 0 atom stereocenters. The van der Waals surface area contributed by atoms with Gasteiger partial charge in [-0.1, -0.05) is 42.0 Å². The Morgan fingerprint density at radius 3 is 1.58 bits per heavy atom. The van der Waals surface area contributed by atoms with Gasteiger partial charge in [0.1, 0.15) is 11.5 Å². The van der Waals surface area contributed by atoms with E-state index in [1.165, 1.54) is 0 Å². The third-order valence-corrected chi connectivity index (χ3v) is 6.69. The highest BCUT2D eigenvalue weighted by molar-refractivity contribution is 6.71.